The van der Waals surface area contributed by atoms with Crippen LogP contribution in [0.2, 0.25) is 0 Å². The van der Waals surface area contributed by atoms with Gasteiger partial charge in [0.1, 0.15) is 24.9 Å². The molecule has 0 amide bonds. The molecule has 1 aliphatic carbocycles. The fourth-order valence-corrected chi connectivity index (χ4v) is 5.12. The summed E-state index contributed by atoms with van der Waals surface area (Å²) < 4.78 is 29.1. The van der Waals surface area contributed by atoms with Crippen LogP contribution in [0.25, 0.3) is 27.8 Å². The molecular weight excluding hydrogens is 553 g/mol. The van der Waals surface area contributed by atoms with Crippen molar-refractivity contribution in [2.75, 3.05) is 18.9 Å². The maximum Gasteiger partial charge on any atom is 0.332 e. The number of aryl methyl sites for hydroxylation is 1. The number of fused-ring (bicyclic) bond motifs is 1. The van der Waals surface area contributed by atoms with Crippen molar-refractivity contribution in [2.24, 2.45) is 7.05 Å². The van der Waals surface area contributed by atoms with Crippen molar-refractivity contribution in [3.05, 3.63) is 93.7 Å². The highest BCUT2D eigenvalue weighted by Gasteiger charge is 2.26. The summed E-state index contributed by atoms with van der Waals surface area (Å²) in [6.07, 6.45) is 7.56. The molecule has 43 heavy (non-hydrogen) atoms. The summed E-state index contributed by atoms with van der Waals surface area (Å²) >= 11 is 0. The van der Waals surface area contributed by atoms with Gasteiger partial charge in [0.15, 0.2) is 5.82 Å². The molecule has 0 unspecified atom stereocenters. The number of carbonyl (C=O) groups excluding carboxylic acids is 1. The number of halogens is 1. The number of nitrogens with two attached hydrogens (primary N) is 1. The van der Waals surface area contributed by atoms with Gasteiger partial charge in [-0.25, -0.2) is 14.2 Å². The van der Waals surface area contributed by atoms with Crippen LogP contribution in [0.15, 0.2) is 59.8 Å². The summed E-state index contributed by atoms with van der Waals surface area (Å²) in [5, 5.41) is 4.71. The molecule has 0 spiro atoms. The third-order valence-corrected chi connectivity index (χ3v) is 7.30. The number of esters is 1. The number of aromatic nitrogens is 6. The van der Waals surface area contributed by atoms with E-state index in [1.54, 1.807) is 48.3 Å². The minimum atomic E-state index is -0.584. The minimum absolute atomic E-state index is 0.00462. The Bertz CT molecular complexity index is 1900. The lowest BCUT2D eigenvalue weighted by Gasteiger charge is -2.17. The second-order valence-electron chi connectivity index (χ2n) is 10.5. The number of hydrogen-bond acceptors (Lipinski definition) is 9. The summed E-state index contributed by atoms with van der Waals surface area (Å²) in [7, 11) is 1.81. The minimum Gasteiger partial charge on any atom is -0.459 e. The predicted octanol–water partition coefficient (Wildman–Crippen LogP) is 3.85. The zero-order valence-electron chi connectivity index (χ0n) is 23.8. The van der Waals surface area contributed by atoms with Gasteiger partial charge in [0.25, 0.3) is 5.56 Å². The van der Waals surface area contributed by atoms with Crippen molar-refractivity contribution >= 4 is 22.7 Å². The van der Waals surface area contributed by atoms with Crippen molar-refractivity contribution < 1.29 is 18.7 Å². The number of pyridine rings is 1. The monoisotopic (exact) mass is 583 g/mol. The molecule has 5 aromatic rings. The molecule has 0 aliphatic heterocycles. The molecule has 3 aromatic heterocycles. The Morgan fingerprint density at radius 1 is 1.16 bits per heavy atom. The van der Waals surface area contributed by atoms with Crippen molar-refractivity contribution in [1.82, 2.24) is 29.3 Å². The van der Waals surface area contributed by atoms with Crippen LogP contribution >= 0.6 is 0 Å². The summed E-state index contributed by atoms with van der Waals surface area (Å²) in [5.74, 6) is -0.156. The number of benzene rings is 2. The van der Waals surface area contributed by atoms with Crippen molar-refractivity contribution in [3.8, 4) is 17.1 Å². The van der Waals surface area contributed by atoms with Crippen molar-refractivity contribution in [2.45, 2.75) is 38.7 Å². The smallest absolute Gasteiger partial charge is 0.332 e. The number of carbonyl (C=O) groups is 1. The third kappa shape index (κ3) is 6.00. The first-order valence-corrected chi connectivity index (χ1v) is 14.0. The molecule has 1 saturated carbocycles. The highest BCUT2D eigenvalue weighted by atomic mass is 19.1. The fourth-order valence-electron chi connectivity index (χ4n) is 5.12. The van der Waals surface area contributed by atoms with Gasteiger partial charge in [-0.05, 0) is 60.4 Å². The number of ether oxygens (including phenoxy) is 2. The SMILES string of the molecule is CCOCC(=O)OCc1c(-c2nc(N)nc(Cc3cnn(C)c3)n2)cccc1-n1ccc2cc(C3CC3)cc(F)c2c1=O. The molecule has 2 aromatic carbocycles. The fraction of sp³-hybridized carbons (Fsp3) is 0.290. The average molecular weight is 584 g/mol. The second kappa shape index (κ2) is 11.7. The number of nitrogen functional groups attached to an aromatic ring is 1. The summed E-state index contributed by atoms with van der Waals surface area (Å²) in [6, 6.07) is 10.2. The normalized spacial score (nSPS) is 13.0. The lowest BCUT2D eigenvalue weighted by molar-refractivity contribution is -0.150. The third-order valence-electron chi connectivity index (χ3n) is 7.30. The maximum absolute atomic E-state index is 15.3. The van der Waals surface area contributed by atoms with Gasteiger partial charge in [-0.1, -0.05) is 18.2 Å². The van der Waals surface area contributed by atoms with Gasteiger partial charge in [-0.2, -0.15) is 15.1 Å². The van der Waals surface area contributed by atoms with E-state index in [0.717, 1.165) is 24.0 Å². The van der Waals surface area contributed by atoms with E-state index in [2.05, 4.69) is 20.1 Å². The highest BCUT2D eigenvalue weighted by molar-refractivity contribution is 5.83. The van der Waals surface area contributed by atoms with Gasteiger partial charge in [0.2, 0.25) is 5.95 Å². The topological polar surface area (TPSA) is 140 Å². The Balaban J connectivity index is 1.46. The van der Waals surface area contributed by atoms with E-state index in [-0.39, 0.29) is 30.4 Å². The van der Waals surface area contributed by atoms with Crippen molar-refractivity contribution in [1.29, 1.82) is 0 Å². The average Bonchev–Trinajstić information content (AvgIpc) is 3.76. The van der Waals surface area contributed by atoms with E-state index in [1.165, 1.54) is 10.6 Å². The van der Waals surface area contributed by atoms with Crippen LogP contribution < -0.4 is 11.3 Å². The Morgan fingerprint density at radius 3 is 2.74 bits per heavy atom. The summed E-state index contributed by atoms with van der Waals surface area (Å²) in [6.45, 7) is 1.66. The van der Waals surface area contributed by atoms with E-state index in [9.17, 15) is 9.59 Å². The quantitative estimate of drug-likeness (QED) is 0.243. The number of anilines is 1. The van der Waals surface area contributed by atoms with E-state index < -0.39 is 17.3 Å². The Kier molecular flexibility index (Phi) is 7.68. The molecule has 1 fully saturated rings. The standard InChI is InChI=1S/C31H30FN7O4/c1-3-42-17-27(40)43-16-23-22(29-35-26(36-31(33)37-29)11-18-14-34-38(2)15-18)5-4-6-25(23)39-10-9-20-12-21(19-7-8-19)13-24(32)28(20)30(39)41/h4-6,9-10,12-15,19H,3,7-8,11,16-17H2,1-2H3,(H2,33,35,36,37). The van der Waals surface area contributed by atoms with Crippen LogP contribution in [0.4, 0.5) is 10.3 Å². The first-order valence-electron chi connectivity index (χ1n) is 14.0. The van der Waals surface area contributed by atoms with Gasteiger partial charge in [0.05, 0.1) is 17.3 Å². The number of nitrogens with zero attached hydrogens (tertiary/aromatic N) is 6. The first-order chi connectivity index (χ1) is 20.8. The van der Waals surface area contributed by atoms with Gasteiger partial charge in [0, 0.05) is 43.6 Å². The first kappa shape index (κ1) is 28.2. The predicted molar refractivity (Wildman–Crippen MR) is 157 cm³/mol. The lowest BCUT2D eigenvalue weighted by atomic mass is 10.0. The maximum atomic E-state index is 15.3. The molecule has 0 bridgehead atoms. The molecule has 0 radical (unpaired) electrons. The zero-order chi connectivity index (χ0) is 30.1. The van der Waals surface area contributed by atoms with Crippen LogP contribution in [-0.4, -0.2) is 48.5 Å². The van der Waals surface area contributed by atoms with Crippen LogP contribution in [0.3, 0.4) is 0 Å². The van der Waals surface area contributed by atoms with Crippen LogP contribution in [0, 0.1) is 5.82 Å². The summed E-state index contributed by atoms with van der Waals surface area (Å²) in [5.41, 5.74) is 8.62. The molecule has 0 saturated heterocycles. The number of rotatable bonds is 10. The van der Waals surface area contributed by atoms with Crippen molar-refractivity contribution in [3.63, 3.8) is 0 Å². The van der Waals surface area contributed by atoms with Crippen LogP contribution in [0.1, 0.15) is 48.2 Å². The molecule has 11 nitrogen and oxygen atoms in total. The van der Waals surface area contributed by atoms with Gasteiger partial charge < -0.3 is 15.2 Å². The van der Waals surface area contributed by atoms with E-state index in [1.807, 2.05) is 19.3 Å². The van der Waals surface area contributed by atoms with Crippen LogP contribution in [0.5, 0.6) is 0 Å². The molecule has 2 N–H and O–H groups in total. The lowest BCUT2D eigenvalue weighted by Crippen LogP contribution is -2.21. The largest absolute Gasteiger partial charge is 0.459 e. The Hall–Kier alpha value is -4.97. The van der Waals surface area contributed by atoms with Gasteiger partial charge >= 0.3 is 5.97 Å². The molecule has 12 heteroatoms. The molecule has 1 aliphatic rings. The summed E-state index contributed by atoms with van der Waals surface area (Å²) in [4.78, 5) is 39.5. The second-order valence-corrected chi connectivity index (χ2v) is 10.5. The molecule has 3 heterocycles. The van der Waals surface area contributed by atoms with Crippen LogP contribution in [-0.2, 0) is 34.3 Å². The van der Waals surface area contributed by atoms with Gasteiger partial charge in [-0.15, -0.1) is 0 Å². The Labute approximate surface area is 246 Å². The molecule has 6 rings (SSSR count). The molecule has 0 atom stereocenters. The van der Waals surface area contributed by atoms with E-state index in [0.29, 0.717) is 47.0 Å². The van der Waals surface area contributed by atoms with E-state index >= 15 is 4.39 Å². The highest BCUT2D eigenvalue weighted by Crippen LogP contribution is 2.41. The molecular formula is C31H30FN7O4. The Morgan fingerprint density at radius 2 is 2.00 bits per heavy atom. The van der Waals surface area contributed by atoms with Gasteiger partial charge in [-0.3, -0.25) is 14.0 Å². The number of hydrogen-bond donors (Lipinski definition) is 1. The van der Waals surface area contributed by atoms with E-state index in [4.69, 9.17) is 15.2 Å². The molecule has 220 valence electrons. The zero-order valence-corrected chi connectivity index (χ0v) is 23.8.